The first-order valence-electron chi connectivity index (χ1n) is 11.2. The van der Waals surface area contributed by atoms with Crippen LogP contribution in [0.1, 0.15) is 61.3 Å². The molecule has 0 amide bonds. The Morgan fingerprint density at radius 3 is 2.94 bits per heavy atom. The van der Waals surface area contributed by atoms with E-state index in [0.717, 1.165) is 49.3 Å². The van der Waals surface area contributed by atoms with E-state index in [9.17, 15) is 4.79 Å². The standard InChI is InChI=1S/C24H32N6O2/c1-3-32-23(31)14-22(19-15-28-17(2)29-16-19)26-13-11-20(25)7-4-8-21-10-9-18-6-5-12-27-24(18)30-21/h9-11,13,15-16,22,25-26H,3-8,12,14H2,1-2H3,(H,27,30)/b13-11-,25-20?. The van der Waals surface area contributed by atoms with Crippen molar-refractivity contribution in [1.29, 1.82) is 5.41 Å². The molecule has 8 nitrogen and oxygen atoms in total. The van der Waals surface area contributed by atoms with E-state index >= 15 is 0 Å². The molecule has 8 heteroatoms. The summed E-state index contributed by atoms with van der Waals surface area (Å²) in [6.07, 6.45) is 11.6. The van der Waals surface area contributed by atoms with Gasteiger partial charge in [0.2, 0.25) is 0 Å². The van der Waals surface area contributed by atoms with Crippen molar-refractivity contribution in [2.45, 2.75) is 58.4 Å². The van der Waals surface area contributed by atoms with Crippen molar-refractivity contribution >= 4 is 17.5 Å². The molecular weight excluding hydrogens is 404 g/mol. The minimum atomic E-state index is -0.314. The van der Waals surface area contributed by atoms with E-state index in [0.29, 0.717) is 24.6 Å². The topological polar surface area (TPSA) is 113 Å². The van der Waals surface area contributed by atoms with Gasteiger partial charge in [-0.1, -0.05) is 6.07 Å². The van der Waals surface area contributed by atoms with Gasteiger partial charge in [0.25, 0.3) is 0 Å². The number of esters is 1. The molecule has 0 saturated heterocycles. The lowest BCUT2D eigenvalue weighted by atomic mass is 10.1. The highest BCUT2D eigenvalue weighted by atomic mass is 16.5. The number of pyridine rings is 1. The molecule has 0 aliphatic carbocycles. The summed E-state index contributed by atoms with van der Waals surface area (Å²) in [5.41, 5.74) is 3.66. The highest BCUT2D eigenvalue weighted by Crippen LogP contribution is 2.20. The molecule has 1 aliphatic rings. The maximum atomic E-state index is 12.0. The third kappa shape index (κ3) is 7.14. The minimum absolute atomic E-state index is 0.163. The van der Waals surface area contributed by atoms with Crippen LogP contribution < -0.4 is 10.6 Å². The number of nitrogens with one attached hydrogen (secondary N) is 3. The Bertz CT molecular complexity index is 942. The fourth-order valence-corrected chi connectivity index (χ4v) is 3.56. The molecule has 1 unspecified atom stereocenters. The zero-order valence-electron chi connectivity index (χ0n) is 18.9. The van der Waals surface area contributed by atoms with Crippen LogP contribution in [0.5, 0.6) is 0 Å². The summed E-state index contributed by atoms with van der Waals surface area (Å²) in [5.74, 6) is 1.40. The average Bonchev–Trinajstić information content (AvgIpc) is 2.79. The molecule has 3 rings (SSSR count). The van der Waals surface area contributed by atoms with Crippen molar-refractivity contribution in [2.75, 3.05) is 18.5 Å². The molecule has 3 heterocycles. The van der Waals surface area contributed by atoms with E-state index in [4.69, 9.17) is 15.1 Å². The van der Waals surface area contributed by atoms with Crippen LogP contribution in [0.2, 0.25) is 0 Å². The summed E-state index contributed by atoms with van der Waals surface area (Å²) in [7, 11) is 0. The SMILES string of the molecule is CCOC(=O)CC(N/C=C\C(=N)CCCc1ccc2c(n1)NCCC2)c1cnc(C)nc1. The molecule has 0 aromatic carbocycles. The smallest absolute Gasteiger partial charge is 0.308 e. The summed E-state index contributed by atoms with van der Waals surface area (Å²) in [5, 5.41) is 14.8. The average molecular weight is 437 g/mol. The van der Waals surface area contributed by atoms with Crippen molar-refractivity contribution in [3.05, 3.63) is 59.4 Å². The van der Waals surface area contributed by atoms with Gasteiger partial charge in [0.05, 0.1) is 19.1 Å². The first kappa shape index (κ1) is 23.4. The molecule has 0 bridgehead atoms. The van der Waals surface area contributed by atoms with Crippen molar-refractivity contribution in [3.8, 4) is 0 Å². The lowest BCUT2D eigenvalue weighted by molar-refractivity contribution is -0.143. The zero-order chi connectivity index (χ0) is 22.8. The Hall–Kier alpha value is -3.29. The number of carbonyl (C=O) groups excluding carboxylic acids is 1. The number of hydrogen-bond acceptors (Lipinski definition) is 8. The van der Waals surface area contributed by atoms with Gasteiger partial charge in [0, 0.05) is 35.9 Å². The quantitative estimate of drug-likeness (QED) is 0.364. The Kier molecular flexibility index (Phi) is 8.71. The van der Waals surface area contributed by atoms with Crippen LogP contribution in [0.15, 0.2) is 36.8 Å². The third-order valence-corrected chi connectivity index (χ3v) is 5.29. The van der Waals surface area contributed by atoms with Crippen LogP contribution in [-0.4, -0.2) is 39.8 Å². The van der Waals surface area contributed by atoms with Crippen molar-refractivity contribution < 1.29 is 9.53 Å². The van der Waals surface area contributed by atoms with Gasteiger partial charge >= 0.3 is 5.97 Å². The largest absolute Gasteiger partial charge is 0.466 e. The lowest BCUT2D eigenvalue weighted by Gasteiger charge is -2.17. The van der Waals surface area contributed by atoms with Gasteiger partial charge in [-0.25, -0.2) is 15.0 Å². The molecule has 0 saturated carbocycles. The summed E-state index contributed by atoms with van der Waals surface area (Å²) >= 11 is 0. The number of nitrogens with zero attached hydrogens (tertiary/aromatic N) is 3. The molecule has 3 N–H and O–H groups in total. The number of aromatic nitrogens is 3. The Morgan fingerprint density at radius 1 is 1.34 bits per heavy atom. The van der Waals surface area contributed by atoms with E-state index in [1.54, 1.807) is 31.6 Å². The van der Waals surface area contributed by atoms with Crippen molar-refractivity contribution in [1.82, 2.24) is 20.3 Å². The molecule has 2 aromatic rings. The van der Waals surface area contributed by atoms with Crippen LogP contribution in [0, 0.1) is 12.3 Å². The predicted molar refractivity (Wildman–Crippen MR) is 125 cm³/mol. The summed E-state index contributed by atoms with van der Waals surface area (Å²) in [6, 6.07) is 3.94. The summed E-state index contributed by atoms with van der Waals surface area (Å²) in [6.45, 7) is 4.92. The molecule has 0 fully saturated rings. The first-order valence-corrected chi connectivity index (χ1v) is 11.2. The fraction of sp³-hybridized carbons (Fsp3) is 0.458. The van der Waals surface area contributed by atoms with Crippen molar-refractivity contribution in [3.63, 3.8) is 0 Å². The van der Waals surface area contributed by atoms with Gasteiger partial charge in [-0.3, -0.25) is 4.79 Å². The molecule has 1 aliphatic heterocycles. The van der Waals surface area contributed by atoms with Gasteiger partial charge in [-0.05, 0) is 69.9 Å². The second-order valence-electron chi connectivity index (χ2n) is 7.84. The first-order chi connectivity index (χ1) is 15.5. The van der Waals surface area contributed by atoms with Crippen LogP contribution in [0.4, 0.5) is 5.82 Å². The minimum Gasteiger partial charge on any atom is -0.466 e. The molecule has 32 heavy (non-hydrogen) atoms. The van der Waals surface area contributed by atoms with Crippen LogP contribution in [-0.2, 0) is 22.4 Å². The number of anilines is 1. The van der Waals surface area contributed by atoms with E-state index in [1.165, 1.54) is 5.56 Å². The number of fused-ring (bicyclic) bond motifs is 1. The van der Waals surface area contributed by atoms with Crippen LogP contribution in [0.3, 0.4) is 0 Å². The van der Waals surface area contributed by atoms with E-state index < -0.39 is 0 Å². The van der Waals surface area contributed by atoms with Gasteiger partial charge in [0.15, 0.2) is 0 Å². The maximum Gasteiger partial charge on any atom is 0.308 e. The van der Waals surface area contributed by atoms with Gasteiger partial charge < -0.3 is 20.8 Å². The highest BCUT2D eigenvalue weighted by Gasteiger charge is 2.16. The fourth-order valence-electron chi connectivity index (χ4n) is 3.56. The second kappa shape index (κ2) is 11.9. The van der Waals surface area contributed by atoms with Gasteiger partial charge in [-0.2, -0.15) is 0 Å². The summed E-state index contributed by atoms with van der Waals surface area (Å²) in [4.78, 5) is 25.1. The number of aryl methyl sites for hydroxylation is 3. The van der Waals surface area contributed by atoms with Gasteiger partial charge in [-0.15, -0.1) is 0 Å². The molecule has 1 atom stereocenters. The maximum absolute atomic E-state index is 12.0. The number of hydrogen-bond donors (Lipinski definition) is 3. The number of ether oxygens (including phenoxy) is 1. The molecular formula is C24H32N6O2. The van der Waals surface area contributed by atoms with Crippen LogP contribution >= 0.6 is 0 Å². The number of allylic oxidation sites excluding steroid dienone is 1. The summed E-state index contributed by atoms with van der Waals surface area (Å²) < 4.78 is 5.08. The Morgan fingerprint density at radius 2 is 2.16 bits per heavy atom. The zero-order valence-corrected chi connectivity index (χ0v) is 18.9. The van der Waals surface area contributed by atoms with Crippen LogP contribution in [0.25, 0.3) is 0 Å². The number of carbonyl (C=O) groups is 1. The molecule has 170 valence electrons. The van der Waals surface area contributed by atoms with E-state index in [2.05, 4.69) is 32.7 Å². The third-order valence-electron chi connectivity index (χ3n) is 5.29. The number of rotatable bonds is 11. The normalized spacial score (nSPS) is 13.8. The molecule has 0 spiro atoms. The Labute approximate surface area is 189 Å². The van der Waals surface area contributed by atoms with Crippen molar-refractivity contribution in [2.24, 2.45) is 0 Å². The predicted octanol–water partition coefficient (Wildman–Crippen LogP) is 3.68. The van der Waals surface area contributed by atoms with E-state index in [-0.39, 0.29) is 18.4 Å². The molecule has 0 radical (unpaired) electrons. The monoisotopic (exact) mass is 436 g/mol. The lowest BCUT2D eigenvalue weighted by Crippen LogP contribution is -2.21. The van der Waals surface area contributed by atoms with E-state index in [1.807, 2.05) is 6.92 Å². The second-order valence-corrected chi connectivity index (χ2v) is 7.84. The Balaban J connectivity index is 1.49. The van der Waals surface area contributed by atoms with Gasteiger partial charge in [0.1, 0.15) is 11.6 Å². The highest BCUT2D eigenvalue weighted by molar-refractivity contribution is 5.92. The molecule has 2 aromatic heterocycles.